The molecule has 0 spiro atoms. The minimum atomic E-state index is -4.46. The van der Waals surface area contributed by atoms with Crippen LogP contribution in [0.4, 0.5) is 13.2 Å². The van der Waals surface area contributed by atoms with Crippen molar-refractivity contribution in [2.24, 2.45) is 0 Å². The molecule has 1 saturated heterocycles. The molecule has 0 bridgehead atoms. The quantitative estimate of drug-likeness (QED) is 0.862. The summed E-state index contributed by atoms with van der Waals surface area (Å²) in [6.07, 6.45) is -6.03. The number of piperazine rings is 1. The summed E-state index contributed by atoms with van der Waals surface area (Å²) in [6.45, 7) is 5.29. The van der Waals surface area contributed by atoms with Gasteiger partial charge < -0.3 is 10.2 Å². The van der Waals surface area contributed by atoms with Crippen molar-refractivity contribution in [3.8, 4) is 0 Å². The maximum Gasteiger partial charge on any atom is 0.416 e. The summed E-state index contributed by atoms with van der Waals surface area (Å²) in [6, 6.07) is 5.17. The minimum Gasteiger partial charge on any atom is -0.392 e. The molecule has 1 aromatic carbocycles. The number of hydrogen-bond donors (Lipinski definition) is 2. The van der Waals surface area contributed by atoms with Crippen molar-refractivity contribution < 1.29 is 23.4 Å². The van der Waals surface area contributed by atoms with Gasteiger partial charge in [0.1, 0.15) is 0 Å². The molecule has 0 radical (unpaired) electrons. The molecule has 2 rings (SSSR count). The Morgan fingerprint density at radius 1 is 1.00 bits per heavy atom. The number of rotatable bonds is 5. The molecule has 0 aliphatic carbocycles. The van der Waals surface area contributed by atoms with Crippen LogP contribution in [0, 0.1) is 0 Å². The lowest BCUT2D eigenvalue weighted by atomic mass is 10.0. The Labute approximate surface area is 134 Å². The third kappa shape index (κ3) is 5.17. The first-order chi connectivity index (χ1) is 10.8. The Balaban J connectivity index is 1.95. The largest absolute Gasteiger partial charge is 0.416 e. The number of alkyl halides is 3. The zero-order valence-corrected chi connectivity index (χ0v) is 13.1. The fourth-order valence-electron chi connectivity index (χ4n) is 2.92. The van der Waals surface area contributed by atoms with Gasteiger partial charge in [0, 0.05) is 39.3 Å². The summed E-state index contributed by atoms with van der Waals surface area (Å²) in [5, 5.41) is 19.6. The monoisotopic (exact) mass is 332 g/mol. The van der Waals surface area contributed by atoms with E-state index in [1.54, 1.807) is 6.92 Å². The molecule has 0 aromatic heterocycles. The van der Waals surface area contributed by atoms with Crippen molar-refractivity contribution in [2.45, 2.75) is 25.3 Å². The van der Waals surface area contributed by atoms with Crippen molar-refractivity contribution in [2.75, 3.05) is 39.3 Å². The number of β-amino-alcohol motifs (C(OH)–C–C–N with tert-alkyl or cyclic N) is 2. The second-order valence-electron chi connectivity index (χ2n) is 6.05. The standard InChI is InChI=1S/C16H23F3N2O2/c1-12(22)10-20-6-8-21(9-7-20)11-15(23)13-4-2-3-5-14(13)16(17,18)19/h2-5,12,15,22-23H,6-11H2,1H3/t12-,15-/m0/s1. The van der Waals surface area contributed by atoms with Gasteiger partial charge in [-0.3, -0.25) is 9.80 Å². The molecule has 0 amide bonds. The van der Waals surface area contributed by atoms with Gasteiger partial charge in [-0.1, -0.05) is 18.2 Å². The number of hydrogen-bond acceptors (Lipinski definition) is 4. The highest BCUT2D eigenvalue weighted by Gasteiger charge is 2.35. The van der Waals surface area contributed by atoms with Crippen LogP contribution in [0.25, 0.3) is 0 Å². The summed E-state index contributed by atoms with van der Waals surface area (Å²) >= 11 is 0. The van der Waals surface area contributed by atoms with Crippen LogP contribution < -0.4 is 0 Å². The van der Waals surface area contributed by atoms with Crippen LogP contribution in [0.2, 0.25) is 0 Å². The first-order valence-corrected chi connectivity index (χ1v) is 7.74. The van der Waals surface area contributed by atoms with Crippen LogP contribution in [-0.2, 0) is 6.18 Å². The normalized spacial score (nSPS) is 20.4. The van der Waals surface area contributed by atoms with Gasteiger partial charge in [-0.05, 0) is 18.6 Å². The van der Waals surface area contributed by atoms with E-state index in [-0.39, 0.29) is 12.1 Å². The number of benzene rings is 1. The van der Waals surface area contributed by atoms with Crippen LogP contribution in [0.3, 0.4) is 0 Å². The van der Waals surface area contributed by atoms with Crippen LogP contribution in [0.5, 0.6) is 0 Å². The Hall–Kier alpha value is -1.15. The number of aliphatic hydroxyl groups is 2. The fourth-order valence-corrected chi connectivity index (χ4v) is 2.92. The third-order valence-corrected chi connectivity index (χ3v) is 4.04. The highest BCUT2D eigenvalue weighted by atomic mass is 19.4. The summed E-state index contributed by atoms with van der Waals surface area (Å²) in [5.74, 6) is 0. The van der Waals surface area contributed by atoms with E-state index in [0.717, 1.165) is 19.2 Å². The second-order valence-corrected chi connectivity index (χ2v) is 6.05. The molecule has 1 aliphatic heterocycles. The zero-order valence-electron chi connectivity index (χ0n) is 13.1. The first kappa shape index (κ1) is 18.2. The predicted molar refractivity (Wildman–Crippen MR) is 81.0 cm³/mol. The van der Waals surface area contributed by atoms with Crippen LogP contribution in [-0.4, -0.2) is 65.4 Å². The molecule has 130 valence electrons. The molecule has 0 unspecified atom stereocenters. The average Bonchev–Trinajstić information content (AvgIpc) is 2.48. The molecule has 0 saturated carbocycles. The van der Waals surface area contributed by atoms with Crippen LogP contribution in [0.15, 0.2) is 24.3 Å². The molecule has 23 heavy (non-hydrogen) atoms. The number of nitrogens with zero attached hydrogens (tertiary/aromatic N) is 2. The van der Waals surface area contributed by atoms with Crippen LogP contribution in [0.1, 0.15) is 24.2 Å². The van der Waals surface area contributed by atoms with Gasteiger partial charge in [0.15, 0.2) is 0 Å². The van der Waals surface area contributed by atoms with Crippen molar-refractivity contribution in [3.63, 3.8) is 0 Å². The zero-order chi connectivity index (χ0) is 17.0. The summed E-state index contributed by atoms with van der Waals surface area (Å²) in [4.78, 5) is 4.06. The summed E-state index contributed by atoms with van der Waals surface area (Å²) < 4.78 is 39.0. The average molecular weight is 332 g/mol. The van der Waals surface area contributed by atoms with E-state index in [9.17, 15) is 23.4 Å². The molecule has 2 N–H and O–H groups in total. The first-order valence-electron chi connectivity index (χ1n) is 7.74. The van der Waals surface area contributed by atoms with Gasteiger partial charge in [-0.15, -0.1) is 0 Å². The van der Waals surface area contributed by atoms with E-state index >= 15 is 0 Å². The molecular formula is C16H23F3N2O2. The molecule has 1 aliphatic rings. The molecule has 2 atom stereocenters. The lowest BCUT2D eigenvalue weighted by Crippen LogP contribution is -2.49. The van der Waals surface area contributed by atoms with Gasteiger partial charge in [0.05, 0.1) is 17.8 Å². The molecule has 1 aromatic rings. The molecular weight excluding hydrogens is 309 g/mol. The van der Waals surface area contributed by atoms with E-state index in [4.69, 9.17) is 0 Å². The van der Waals surface area contributed by atoms with E-state index in [2.05, 4.69) is 4.90 Å². The topological polar surface area (TPSA) is 46.9 Å². The highest BCUT2D eigenvalue weighted by Crippen LogP contribution is 2.34. The molecule has 1 fully saturated rings. The Morgan fingerprint density at radius 2 is 1.52 bits per heavy atom. The van der Waals surface area contributed by atoms with E-state index in [0.29, 0.717) is 19.6 Å². The van der Waals surface area contributed by atoms with Crippen molar-refractivity contribution in [1.29, 1.82) is 0 Å². The lowest BCUT2D eigenvalue weighted by molar-refractivity contribution is -0.139. The van der Waals surface area contributed by atoms with Gasteiger partial charge in [0.25, 0.3) is 0 Å². The molecule has 4 nitrogen and oxygen atoms in total. The van der Waals surface area contributed by atoms with Gasteiger partial charge in [0.2, 0.25) is 0 Å². The number of aliphatic hydroxyl groups excluding tert-OH is 2. The Morgan fingerprint density at radius 3 is 2.04 bits per heavy atom. The van der Waals surface area contributed by atoms with Gasteiger partial charge in [-0.25, -0.2) is 0 Å². The van der Waals surface area contributed by atoms with E-state index in [1.807, 2.05) is 4.90 Å². The maximum absolute atomic E-state index is 13.0. The molecule has 1 heterocycles. The van der Waals surface area contributed by atoms with Gasteiger partial charge >= 0.3 is 6.18 Å². The highest BCUT2D eigenvalue weighted by molar-refractivity contribution is 5.31. The SMILES string of the molecule is C[C@H](O)CN1CCN(C[C@H](O)c2ccccc2C(F)(F)F)CC1. The van der Waals surface area contributed by atoms with Crippen molar-refractivity contribution in [3.05, 3.63) is 35.4 Å². The molecule has 7 heteroatoms. The maximum atomic E-state index is 13.0. The number of halogens is 3. The van der Waals surface area contributed by atoms with Crippen molar-refractivity contribution >= 4 is 0 Å². The van der Waals surface area contributed by atoms with Crippen molar-refractivity contribution in [1.82, 2.24) is 9.80 Å². The lowest BCUT2D eigenvalue weighted by Gasteiger charge is -2.36. The predicted octanol–water partition coefficient (Wildman–Crippen LogP) is 1.74. The summed E-state index contributed by atoms with van der Waals surface area (Å²) in [5.41, 5.74) is -0.855. The van der Waals surface area contributed by atoms with Crippen LogP contribution >= 0.6 is 0 Å². The smallest absolute Gasteiger partial charge is 0.392 e. The third-order valence-electron chi connectivity index (χ3n) is 4.04. The minimum absolute atomic E-state index is 0.0774. The summed E-state index contributed by atoms with van der Waals surface area (Å²) in [7, 11) is 0. The second kappa shape index (κ2) is 7.61. The van der Waals surface area contributed by atoms with E-state index < -0.39 is 23.9 Å². The fraction of sp³-hybridized carbons (Fsp3) is 0.625. The van der Waals surface area contributed by atoms with E-state index in [1.165, 1.54) is 18.2 Å². The Bertz CT molecular complexity index is 500. The van der Waals surface area contributed by atoms with Gasteiger partial charge in [-0.2, -0.15) is 13.2 Å². The Kier molecular flexibility index (Phi) is 6.02.